The molecule has 0 fully saturated rings. The van der Waals surface area contributed by atoms with Gasteiger partial charge in [-0.05, 0) is 77.1 Å². The lowest BCUT2D eigenvalue weighted by Gasteiger charge is -2.29. The van der Waals surface area contributed by atoms with E-state index >= 15 is 0 Å². The Morgan fingerprint density at radius 3 is 2.38 bits per heavy atom. The Balaban J connectivity index is 1.82. The van der Waals surface area contributed by atoms with Crippen molar-refractivity contribution in [1.82, 2.24) is 0 Å². The molecule has 24 heavy (non-hydrogen) atoms. The maximum absolute atomic E-state index is 2.48. The van der Waals surface area contributed by atoms with Gasteiger partial charge in [-0.3, -0.25) is 0 Å². The summed E-state index contributed by atoms with van der Waals surface area (Å²) in [5.74, 6) is 0. The Kier molecular flexibility index (Phi) is 2.27. The number of fused-ring (bicyclic) bond motifs is 4. The number of hydrogen-bond donors (Lipinski definition) is 0. The van der Waals surface area contributed by atoms with Crippen molar-refractivity contribution in [2.24, 2.45) is 0 Å². The quantitative estimate of drug-likeness (QED) is 0.525. The molecular weight excluding hydrogens is 288 g/mol. The summed E-state index contributed by atoms with van der Waals surface area (Å²) in [6, 6.07) is 21.1. The maximum Gasteiger partial charge on any atom is 0.0469 e. The van der Waals surface area contributed by atoms with Crippen LogP contribution in [0.3, 0.4) is 0 Å². The molecule has 1 atom stereocenters. The molecule has 1 unspecified atom stereocenters. The van der Waals surface area contributed by atoms with E-state index in [0.717, 1.165) is 0 Å². The third-order valence-corrected chi connectivity index (χ3v) is 6.59. The summed E-state index contributed by atoms with van der Waals surface area (Å²) >= 11 is 0. The van der Waals surface area contributed by atoms with Gasteiger partial charge >= 0.3 is 0 Å². The van der Waals surface area contributed by atoms with Gasteiger partial charge in [-0.15, -0.1) is 0 Å². The summed E-state index contributed by atoms with van der Waals surface area (Å²) in [6.45, 7) is 2.27. The van der Waals surface area contributed by atoms with Crippen molar-refractivity contribution < 1.29 is 0 Å². The Morgan fingerprint density at radius 1 is 0.667 bits per heavy atom. The minimum atomic E-state index is 0.0996. The van der Waals surface area contributed by atoms with Crippen LogP contribution in [-0.4, -0.2) is 0 Å². The van der Waals surface area contributed by atoms with E-state index in [1.807, 2.05) is 0 Å². The molecule has 3 aromatic carbocycles. The van der Waals surface area contributed by atoms with Gasteiger partial charge in [0, 0.05) is 5.41 Å². The fraction of sp³-hybridized carbons (Fsp3) is 0.250. The lowest BCUT2D eigenvalue weighted by atomic mass is 9.73. The minimum Gasteiger partial charge on any atom is -0.0620 e. The molecular formula is C24H20. The van der Waals surface area contributed by atoms with Crippen LogP contribution in [0.2, 0.25) is 0 Å². The largest absolute Gasteiger partial charge is 0.0620 e. The first-order valence-electron chi connectivity index (χ1n) is 9.14. The van der Waals surface area contributed by atoms with Crippen LogP contribution in [0.15, 0.2) is 54.6 Å². The SMILES string of the molecule is Cc1cc2c3c(c1)C1(CCc4ccccc41)c1cccc(c1-3)CC2. The third kappa shape index (κ3) is 1.33. The predicted molar refractivity (Wildman–Crippen MR) is 98.7 cm³/mol. The van der Waals surface area contributed by atoms with Crippen LogP contribution >= 0.6 is 0 Å². The highest BCUT2D eigenvalue weighted by Crippen LogP contribution is 2.60. The first-order valence-corrected chi connectivity index (χ1v) is 9.14. The van der Waals surface area contributed by atoms with E-state index in [4.69, 9.17) is 0 Å². The van der Waals surface area contributed by atoms with Crippen molar-refractivity contribution >= 4 is 0 Å². The summed E-state index contributed by atoms with van der Waals surface area (Å²) in [5, 5.41) is 0. The highest BCUT2D eigenvalue weighted by Gasteiger charge is 2.50. The van der Waals surface area contributed by atoms with Crippen LogP contribution < -0.4 is 0 Å². The molecule has 0 bridgehead atoms. The first-order chi connectivity index (χ1) is 11.8. The Labute approximate surface area is 143 Å². The highest BCUT2D eigenvalue weighted by atomic mass is 14.5. The van der Waals surface area contributed by atoms with Crippen LogP contribution in [-0.2, 0) is 24.7 Å². The van der Waals surface area contributed by atoms with Gasteiger partial charge in [0.05, 0.1) is 0 Å². The summed E-state index contributed by atoms with van der Waals surface area (Å²) in [6.07, 6.45) is 4.80. The summed E-state index contributed by atoms with van der Waals surface area (Å²) in [4.78, 5) is 0. The van der Waals surface area contributed by atoms with Gasteiger partial charge in [0.2, 0.25) is 0 Å². The Hall–Kier alpha value is -2.34. The van der Waals surface area contributed by atoms with Gasteiger partial charge in [0.1, 0.15) is 0 Å². The van der Waals surface area contributed by atoms with Gasteiger partial charge in [-0.2, -0.15) is 0 Å². The molecule has 0 N–H and O–H groups in total. The van der Waals surface area contributed by atoms with E-state index in [9.17, 15) is 0 Å². The van der Waals surface area contributed by atoms with Crippen molar-refractivity contribution in [3.63, 3.8) is 0 Å². The van der Waals surface area contributed by atoms with Crippen molar-refractivity contribution in [3.05, 3.63) is 93.5 Å². The van der Waals surface area contributed by atoms with Crippen molar-refractivity contribution in [1.29, 1.82) is 0 Å². The molecule has 116 valence electrons. The lowest BCUT2D eigenvalue weighted by Crippen LogP contribution is -2.23. The normalized spacial score (nSPS) is 21.9. The molecule has 3 aliphatic carbocycles. The molecule has 0 saturated carbocycles. The Bertz CT molecular complexity index is 1020. The molecule has 3 aliphatic rings. The van der Waals surface area contributed by atoms with Gasteiger partial charge in [-0.25, -0.2) is 0 Å². The molecule has 3 aromatic rings. The number of rotatable bonds is 0. The molecule has 0 aliphatic heterocycles. The summed E-state index contributed by atoms with van der Waals surface area (Å²) in [5.41, 5.74) is 14.1. The number of benzene rings is 3. The van der Waals surface area contributed by atoms with E-state index < -0.39 is 0 Å². The zero-order valence-corrected chi connectivity index (χ0v) is 14.0. The fourth-order valence-electron chi connectivity index (χ4n) is 5.74. The number of hydrogen-bond acceptors (Lipinski definition) is 0. The first kappa shape index (κ1) is 13.0. The molecule has 0 nitrogen and oxygen atoms in total. The van der Waals surface area contributed by atoms with Crippen LogP contribution in [0.5, 0.6) is 0 Å². The average Bonchev–Trinajstić information content (AvgIpc) is 3.13. The topological polar surface area (TPSA) is 0 Å². The molecule has 1 spiro atoms. The van der Waals surface area contributed by atoms with E-state index in [1.54, 1.807) is 44.5 Å². The third-order valence-electron chi connectivity index (χ3n) is 6.59. The van der Waals surface area contributed by atoms with Crippen LogP contribution in [0.25, 0.3) is 11.1 Å². The Morgan fingerprint density at radius 2 is 1.42 bits per heavy atom. The minimum absolute atomic E-state index is 0.0996. The van der Waals surface area contributed by atoms with Crippen LogP contribution in [0.4, 0.5) is 0 Å². The van der Waals surface area contributed by atoms with Crippen molar-refractivity contribution in [2.45, 2.75) is 38.0 Å². The summed E-state index contributed by atoms with van der Waals surface area (Å²) in [7, 11) is 0. The van der Waals surface area contributed by atoms with E-state index in [1.165, 1.54) is 31.2 Å². The fourth-order valence-corrected chi connectivity index (χ4v) is 5.74. The van der Waals surface area contributed by atoms with Crippen LogP contribution in [0, 0.1) is 6.92 Å². The molecule has 0 radical (unpaired) electrons. The molecule has 0 heterocycles. The standard InChI is InChI=1S/C24H20/c1-15-13-18-10-9-17-6-4-8-20-22(17)23(18)21(14-15)24(20)12-11-16-5-2-3-7-19(16)24/h2-8,13-14H,9-12H2,1H3. The van der Waals surface area contributed by atoms with Gasteiger partial charge in [0.15, 0.2) is 0 Å². The van der Waals surface area contributed by atoms with E-state index in [2.05, 4.69) is 61.5 Å². The molecule has 0 amide bonds. The lowest BCUT2D eigenvalue weighted by molar-refractivity contribution is 0.625. The predicted octanol–water partition coefficient (Wildman–Crippen LogP) is 5.35. The second-order valence-electron chi connectivity index (χ2n) is 7.75. The second kappa shape index (κ2) is 4.19. The zero-order chi connectivity index (χ0) is 15.9. The van der Waals surface area contributed by atoms with Crippen LogP contribution in [0.1, 0.15) is 45.4 Å². The molecule has 0 aromatic heterocycles. The molecule has 6 rings (SSSR count). The zero-order valence-electron chi connectivity index (χ0n) is 14.0. The smallest absolute Gasteiger partial charge is 0.0469 e. The van der Waals surface area contributed by atoms with Gasteiger partial charge in [0.25, 0.3) is 0 Å². The van der Waals surface area contributed by atoms with E-state index in [-0.39, 0.29) is 5.41 Å². The highest BCUT2D eigenvalue weighted by molar-refractivity contribution is 5.89. The molecule has 0 saturated heterocycles. The van der Waals surface area contributed by atoms with Crippen molar-refractivity contribution in [3.8, 4) is 11.1 Å². The van der Waals surface area contributed by atoms with E-state index in [0.29, 0.717) is 0 Å². The number of aryl methyl sites for hydroxylation is 4. The van der Waals surface area contributed by atoms with Crippen molar-refractivity contribution in [2.75, 3.05) is 0 Å². The van der Waals surface area contributed by atoms with Gasteiger partial charge < -0.3 is 0 Å². The van der Waals surface area contributed by atoms with Gasteiger partial charge in [-0.1, -0.05) is 60.2 Å². The summed E-state index contributed by atoms with van der Waals surface area (Å²) < 4.78 is 0. The monoisotopic (exact) mass is 308 g/mol. The second-order valence-corrected chi connectivity index (χ2v) is 7.75. The maximum atomic E-state index is 2.48. The average molecular weight is 308 g/mol. The molecule has 0 heteroatoms.